The second-order valence-electron chi connectivity index (χ2n) is 6.48. The molecule has 2 atom stereocenters. The van der Waals surface area contributed by atoms with E-state index < -0.39 is 17.7 Å². The molecule has 0 saturated carbocycles. The maximum atomic E-state index is 11.9. The van der Waals surface area contributed by atoms with Gasteiger partial charge in [-0.05, 0) is 33.1 Å². The molecule has 0 aromatic carbocycles. The highest BCUT2D eigenvalue weighted by Crippen LogP contribution is 2.27. The van der Waals surface area contributed by atoms with Crippen LogP contribution < -0.4 is 0 Å². The third-order valence-electron chi connectivity index (χ3n) is 3.41. The molecule has 1 aliphatic heterocycles. The van der Waals surface area contributed by atoms with Crippen LogP contribution in [0.2, 0.25) is 0 Å². The van der Waals surface area contributed by atoms with Crippen molar-refractivity contribution in [1.82, 2.24) is 4.90 Å². The molecule has 0 aliphatic carbocycles. The maximum absolute atomic E-state index is 11.9. The Balaban J connectivity index is 2.71. The van der Waals surface area contributed by atoms with Crippen LogP contribution in [0, 0.1) is 22.0 Å². The van der Waals surface area contributed by atoms with Crippen molar-refractivity contribution >= 4 is 6.09 Å². The van der Waals surface area contributed by atoms with Gasteiger partial charge in [-0.3, -0.25) is 10.1 Å². The molecule has 0 aromatic rings. The van der Waals surface area contributed by atoms with Crippen LogP contribution >= 0.6 is 0 Å². The second-order valence-corrected chi connectivity index (χ2v) is 6.48. The van der Waals surface area contributed by atoms with Gasteiger partial charge in [0.25, 0.3) is 0 Å². The van der Waals surface area contributed by atoms with Crippen LogP contribution in [0.1, 0.15) is 41.0 Å². The Bertz CT molecular complexity index is 349. The minimum atomic E-state index is -0.693. The van der Waals surface area contributed by atoms with Gasteiger partial charge in [0, 0.05) is 17.4 Å². The van der Waals surface area contributed by atoms with Crippen LogP contribution in [-0.2, 0) is 4.74 Å². The number of piperidine rings is 1. The van der Waals surface area contributed by atoms with Crippen LogP contribution in [0.25, 0.3) is 0 Å². The van der Waals surface area contributed by atoms with Gasteiger partial charge in [-0.25, -0.2) is 4.79 Å². The summed E-state index contributed by atoms with van der Waals surface area (Å²) in [4.78, 5) is 24.3. The number of carbonyl (C=O) groups excluding carboxylic acids is 1. The first-order chi connectivity index (χ1) is 8.61. The van der Waals surface area contributed by atoms with E-state index >= 15 is 0 Å². The molecule has 1 rings (SSSR count). The monoisotopic (exact) mass is 272 g/mol. The normalized spacial score (nSPS) is 24.4. The van der Waals surface area contributed by atoms with Gasteiger partial charge in [-0.15, -0.1) is 0 Å². The molecule has 1 aliphatic rings. The van der Waals surface area contributed by atoms with Gasteiger partial charge < -0.3 is 9.64 Å². The van der Waals surface area contributed by atoms with Crippen molar-refractivity contribution in [3.8, 4) is 0 Å². The Morgan fingerprint density at radius 2 is 2.00 bits per heavy atom. The lowest BCUT2D eigenvalue weighted by atomic mass is 9.83. The molecular weight excluding hydrogens is 248 g/mol. The average molecular weight is 272 g/mol. The van der Waals surface area contributed by atoms with Gasteiger partial charge in [0.05, 0.1) is 6.54 Å². The summed E-state index contributed by atoms with van der Waals surface area (Å²) in [6.07, 6.45) is 0.198. The first-order valence-corrected chi connectivity index (χ1v) is 6.73. The quantitative estimate of drug-likeness (QED) is 0.572. The number of carbonyl (C=O) groups is 1. The summed E-state index contributed by atoms with van der Waals surface area (Å²) in [6, 6.07) is -0.693. The van der Waals surface area contributed by atoms with Gasteiger partial charge in [-0.1, -0.05) is 13.8 Å². The summed E-state index contributed by atoms with van der Waals surface area (Å²) in [5, 5.41) is 11.1. The summed E-state index contributed by atoms with van der Waals surface area (Å²) in [6.45, 7) is 10.0. The molecule has 19 heavy (non-hydrogen) atoms. The zero-order chi connectivity index (χ0) is 14.8. The smallest absolute Gasteiger partial charge is 0.410 e. The van der Waals surface area contributed by atoms with Crippen LogP contribution in [0.5, 0.6) is 0 Å². The third kappa shape index (κ3) is 4.36. The number of hydrogen-bond donors (Lipinski definition) is 0. The number of likely N-dealkylation sites (tertiary alicyclic amines) is 1. The zero-order valence-corrected chi connectivity index (χ0v) is 12.4. The second kappa shape index (κ2) is 5.75. The van der Waals surface area contributed by atoms with Gasteiger partial charge in [-0.2, -0.15) is 0 Å². The molecule has 1 saturated heterocycles. The highest BCUT2D eigenvalue weighted by molar-refractivity contribution is 5.68. The Kier molecular flexibility index (Phi) is 4.76. The Morgan fingerprint density at radius 3 is 2.42 bits per heavy atom. The first-order valence-electron chi connectivity index (χ1n) is 6.73. The number of nitro groups is 1. The maximum Gasteiger partial charge on any atom is 0.410 e. The molecule has 6 nitrogen and oxygen atoms in total. The molecule has 0 radical (unpaired) electrons. The lowest BCUT2D eigenvalue weighted by Crippen LogP contribution is -2.52. The van der Waals surface area contributed by atoms with Gasteiger partial charge in [0.2, 0.25) is 6.04 Å². The molecule has 0 bridgehead atoms. The van der Waals surface area contributed by atoms with Crippen molar-refractivity contribution in [3.63, 3.8) is 0 Å². The summed E-state index contributed by atoms with van der Waals surface area (Å²) >= 11 is 0. The first kappa shape index (κ1) is 15.7. The fourth-order valence-corrected chi connectivity index (χ4v) is 2.44. The minimum Gasteiger partial charge on any atom is -0.444 e. The SMILES string of the molecule is CC(C)[C@@H]1CCN(C(=O)OC(C)(C)C)C[C@@H]1[N+](=O)[O-]. The Morgan fingerprint density at radius 1 is 1.42 bits per heavy atom. The lowest BCUT2D eigenvalue weighted by molar-refractivity contribution is -0.537. The van der Waals surface area contributed by atoms with Crippen LogP contribution in [0.15, 0.2) is 0 Å². The van der Waals surface area contributed by atoms with E-state index in [1.54, 1.807) is 20.8 Å². The van der Waals surface area contributed by atoms with E-state index in [1.165, 1.54) is 4.90 Å². The van der Waals surface area contributed by atoms with Crippen molar-refractivity contribution in [2.75, 3.05) is 13.1 Å². The summed E-state index contributed by atoms with van der Waals surface area (Å²) < 4.78 is 5.27. The number of nitrogens with zero attached hydrogens (tertiary/aromatic N) is 2. The van der Waals surface area contributed by atoms with Crippen LogP contribution in [-0.4, -0.2) is 40.6 Å². The van der Waals surface area contributed by atoms with Crippen molar-refractivity contribution in [3.05, 3.63) is 10.1 Å². The number of rotatable bonds is 2. The molecule has 1 heterocycles. The molecular formula is C13H24N2O4. The Hall–Kier alpha value is -1.33. The standard InChI is InChI=1S/C13H24N2O4/c1-9(2)10-6-7-14(8-11(10)15(17)18)12(16)19-13(3,4)5/h9-11H,6-8H2,1-5H3/t10-,11-/m0/s1. The van der Waals surface area contributed by atoms with Gasteiger partial charge in [0.15, 0.2) is 0 Å². The zero-order valence-electron chi connectivity index (χ0n) is 12.4. The molecule has 0 aromatic heterocycles. The molecule has 0 N–H and O–H groups in total. The van der Waals surface area contributed by atoms with Crippen LogP contribution in [0.3, 0.4) is 0 Å². The number of hydrogen-bond acceptors (Lipinski definition) is 4. The van der Waals surface area contributed by atoms with Crippen LogP contribution in [0.4, 0.5) is 4.79 Å². The topological polar surface area (TPSA) is 72.7 Å². The average Bonchev–Trinajstić information content (AvgIpc) is 2.25. The molecule has 1 amide bonds. The van der Waals surface area contributed by atoms with E-state index in [4.69, 9.17) is 4.74 Å². The van der Waals surface area contributed by atoms with E-state index in [9.17, 15) is 14.9 Å². The van der Waals surface area contributed by atoms with E-state index in [0.717, 1.165) is 0 Å². The van der Waals surface area contributed by atoms with Crippen molar-refractivity contribution < 1.29 is 14.5 Å². The van der Waals surface area contributed by atoms with Gasteiger partial charge >= 0.3 is 6.09 Å². The van der Waals surface area contributed by atoms with E-state index in [-0.39, 0.29) is 23.3 Å². The largest absolute Gasteiger partial charge is 0.444 e. The molecule has 110 valence electrons. The Labute approximate surface area is 114 Å². The summed E-state index contributed by atoms with van der Waals surface area (Å²) in [5.41, 5.74) is -0.573. The fraction of sp³-hybridized carbons (Fsp3) is 0.923. The molecule has 0 unspecified atom stereocenters. The predicted octanol–water partition coefficient (Wildman–Crippen LogP) is 2.54. The van der Waals surface area contributed by atoms with Crippen molar-refractivity contribution in [1.29, 1.82) is 0 Å². The highest BCUT2D eigenvalue weighted by atomic mass is 16.6. The predicted molar refractivity (Wildman–Crippen MR) is 71.5 cm³/mol. The number of amides is 1. The summed E-state index contributed by atoms with van der Waals surface area (Å²) in [5.74, 6) is 0.268. The fourth-order valence-electron chi connectivity index (χ4n) is 2.44. The molecule has 0 spiro atoms. The van der Waals surface area contributed by atoms with E-state index in [1.807, 2.05) is 13.8 Å². The highest BCUT2D eigenvalue weighted by Gasteiger charge is 2.41. The summed E-state index contributed by atoms with van der Waals surface area (Å²) in [7, 11) is 0. The minimum absolute atomic E-state index is 0.0219. The molecule has 6 heteroatoms. The number of ether oxygens (including phenoxy) is 1. The molecule has 1 fully saturated rings. The van der Waals surface area contributed by atoms with E-state index in [2.05, 4.69) is 0 Å². The van der Waals surface area contributed by atoms with Gasteiger partial charge in [0.1, 0.15) is 5.60 Å². The van der Waals surface area contributed by atoms with Crippen molar-refractivity contribution in [2.24, 2.45) is 11.8 Å². The van der Waals surface area contributed by atoms with E-state index in [0.29, 0.717) is 13.0 Å². The lowest BCUT2D eigenvalue weighted by Gasteiger charge is -2.36. The van der Waals surface area contributed by atoms with Crippen molar-refractivity contribution in [2.45, 2.75) is 52.7 Å². The third-order valence-corrected chi connectivity index (χ3v) is 3.41.